The van der Waals surface area contributed by atoms with E-state index in [0.29, 0.717) is 32.1 Å². The molecule has 1 atom stereocenters. The number of fused-ring (bicyclic) bond motifs is 1. The second-order valence-corrected chi connectivity index (χ2v) is 7.07. The number of rotatable bonds is 5. The fourth-order valence-electron chi connectivity index (χ4n) is 3.65. The largest absolute Gasteiger partial charge is 0.383 e. The first kappa shape index (κ1) is 18.8. The Hall–Kier alpha value is -2.59. The third kappa shape index (κ3) is 3.83. The summed E-state index contributed by atoms with van der Waals surface area (Å²) >= 11 is 0. The van der Waals surface area contributed by atoms with E-state index >= 15 is 0 Å². The number of carbonyl (C=O) groups excluding carboxylic acids is 1. The van der Waals surface area contributed by atoms with Crippen LogP contribution in [0.5, 0.6) is 0 Å². The van der Waals surface area contributed by atoms with Crippen molar-refractivity contribution in [3.8, 4) is 0 Å². The molecule has 1 aliphatic carbocycles. The van der Waals surface area contributed by atoms with Gasteiger partial charge in [0.05, 0.1) is 26.3 Å². The van der Waals surface area contributed by atoms with E-state index in [0.717, 1.165) is 36.9 Å². The van der Waals surface area contributed by atoms with Crippen LogP contribution < -0.4 is 5.56 Å². The number of morpholine rings is 1. The van der Waals surface area contributed by atoms with Crippen molar-refractivity contribution in [1.82, 2.24) is 30.1 Å². The van der Waals surface area contributed by atoms with Gasteiger partial charge in [0.15, 0.2) is 0 Å². The molecule has 1 aliphatic heterocycles. The molecule has 0 unspecified atom stereocenters. The summed E-state index contributed by atoms with van der Waals surface area (Å²) in [4.78, 5) is 31.4. The van der Waals surface area contributed by atoms with E-state index in [4.69, 9.17) is 9.47 Å². The highest BCUT2D eigenvalue weighted by Gasteiger charge is 2.30. The number of nitrogens with zero attached hydrogens (tertiary/aromatic N) is 5. The first-order chi connectivity index (χ1) is 13.7. The van der Waals surface area contributed by atoms with Crippen LogP contribution in [0.15, 0.2) is 10.9 Å². The van der Waals surface area contributed by atoms with Crippen LogP contribution in [0.3, 0.4) is 0 Å². The summed E-state index contributed by atoms with van der Waals surface area (Å²) in [7, 11) is 1.61. The zero-order chi connectivity index (χ0) is 19.5. The number of carbonyl (C=O) groups is 1. The molecule has 4 rings (SSSR count). The van der Waals surface area contributed by atoms with Crippen molar-refractivity contribution in [2.75, 3.05) is 33.4 Å². The fraction of sp³-hybridized carbons (Fsp3) is 0.611. The third-order valence-electron chi connectivity index (χ3n) is 5.17. The zero-order valence-corrected chi connectivity index (χ0v) is 15.9. The molecule has 2 aliphatic rings. The Morgan fingerprint density at radius 1 is 1.39 bits per heavy atom. The normalized spacial score (nSPS) is 19.5. The van der Waals surface area contributed by atoms with E-state index in [-0.39, 0.29) is 23.6 Å². The molecule has 2 aromatic heterocycles. The molecule has 0 saturated carbocycles. The molecule has 1 saturated heterocycles. The molecular weight excluding hydrogens is 364 g/mol. The lowest BCUT2D eigenvalue weighted by molar-refractivity contribution is -0.0270. The molecule has 0 radical (unpaired) electrons. The minimum absolute atomic E-state index is 0.193. The Labute approximate surface area is 161 Å². The average molecular weight is 388 g/mol. The highest BCUT2D eigenvalue weighted by Crippen LogP contribution is 2.22. The summed E-state index contributed by atoms with van der Waals surface area (Å²) in [6, 6.07) is 1.76. The molecule has 0 bridgehead atoms. The van der Waals surface area contributed by atoms with Crippen molar-refractivity contribution >= 4 is 5.91 Å². The molecule has 28 heavy (non-hydrogen) atoms. The van der Waals surface area contributed by atoms with E-state index in [1.165, 1.54) is 4.80 Å². The summed E-state index contributed by atoms with van der Waals surface area (Å²) < 4.78 is 10.7. The van der Waals surface area contributed by atoms with Gasteiger partial charge in [0.25, 0.3) is 11.5 Å². The van der Waals surface area contributed by atoms with Crippen molar-refractivity contribution in [3.63, 3.8) is 0 Å². The van der Waals surface area contributed by atoms with Crippen LogP contribution in [0.1, 0.15) is 46.4 Å². The lowest BCUT2D eigenvalue weighted by Crippen LogP contribution is -2.44. The average Bonchev–Trinajstić information content (AvgIpc) is 3.20. The number of H-pyrrole nitrogens is 1. The first-order valence-electron chi connectivity index (χ1n) is 9.58. The fourth-order valence-corrected chi connectivity index (χ4v) is 3.65. The minimum Gasteiger partial charge on any atom is -0.383 e. The Morgan fingerprint density at radius 2 is 2.25 bits per heavy atom. The number of amides is 1. The maximum absolute atomic E-state index is 13.0. The number of hydrogen-bond donors (Lipinski definition) is 1. The number of nitrogens with one attached hydrogen (secondary N) is 1. The SMILES string of the molecule is COCCn1nnc([C@H]2CN(C(=O)c3cc4c([nH]c3=O)CCCC4)CCO2)n1. The van der Waals surface area contributed by atoms with Gasteiger partial charge in [-0.1, -0.05) is 0 Å². The predicted molar refractivity (Wildman–Crippen MR) is 98.0 cm³/mol. The van der Waals surface area contributed by atoms with E-state index in [1.807, 2.05) is 0 Å². The summed E-state index contributed by atoms with van der Waals surface area (Å²) in [6.07, 6.45) is 3.44. The van der Waals surface area contributed by atoms with Crippen molar-refractivity contribution in [1.29, 1.82) is 0 Å². The highest BCUT2D eigenvalue weighted by molar-refractivity contribution is 5.94. The number of tetrazole rings is 1. The lowest BCUT2D eigenvalue weighted by atomic mass is 9.95. The second-order valence-electron chi connectivity index (χ2n) is 7.07. The predicted octanol–water partition coefficient (Wildman–Crippen LogP) is 0.100. The molecule has 1 amide bonds. The van der Waals surface area contributed by atoms with Crippen molar-refractivity contribution < 1.29 is 14.3 Å². The van der Waals surface area contributed by atoms with Crippen LogP contribution >= 0.6 is 0 Å². The maximum atomic E-state index is 13.0. The van der Waals surface area contributed by atoms with Gasteiger partial charge in [-0.3, -0.25) is 9.59 Å². The quantitative estimate of drug-likeness (QED) is 0.772. The lowest BCUT2D eigenvalue weighted by Gasteiger charge is -2.31. The van der Waals surface area contributed by atoms with E-state index < -0.39 is 6.10 Å². The van der Waals surface area contributed by atoms with Crippen LogP contribution in [0.4, 0.5) is 0 Å². The zero-order valence-electron chi connectivity index (χ0n) is 15.9. The van der Waals surface area contributed by atoms with Crippen LogP contribution in [-0.4, -0.2) is 69.4 Å². The van der Waals surface area contributed by atoms with Gasteiger partial charge in [-0.15, -0.1) is 10.2 Å². The van der Waals surface area contributed by atoms with Crippen LogP contribution in [0.2, 0.25) is 0 Å². The second kappa shape index (κ2) is 8.19. The van der Waals surface area contributed by atoms with E-state index in [9.17, 15) is 9.59 Å². The molecule has 1 N–H and O–H groups in total. The first-order valence-corrected chi connectivity index (χ1v) is 9.58. The Balaban J connectivity index is 1.49. The van der Waals surface area contributed by atoms with E-state index in [1.54, 1.807) is 18.1 Å². The molecular formula is C18H24N6O4. The summed E-state index contributed by atoms with van der Waals surface area (Å²) in [5.41, 5.74) is 1.90. The van der Waals surface area contributed by atoms with Gasteiger partial charge in [0, 0.05) is 19.3 Å². The number of methoxy groups -OCH3 is 1. The smallest absolute Gasteiger partial charge is 0.261 e. The molecule has 0 aromatic carbocycles. The number of pyridine rings is 1. The van der Waals surface area contributed by atoms with Crippen molar-refractivity contribution in [2.24, 2.45) is 0 Å². The molecule has 10 nitrogen and oxygen atoms in total. The van der Waals surface area contributed by atoms with Gasteiger partial charge >= 0.3 is 0 Å². The molecule has 2 aromatic rings. The molecule has 0 spiro atoms. The monoisotopic (exact) mass is 388 g/mol. The Kier molecular flexibility index (Phi) is 5.49. The van der Waals surface area contributed by atoms with E-state index in [2.05, 4.69) is 20.4 Å². The van der Waals surface area contributed by atoms with Crippen molar-refractivity contribution in [2.45, 2.75) is 38.3 Å². The standard InChI is InChI=1S/C18H24N6O4/c1-27-8-7-24-21-16(20-22-24)15-11-23(6-9-28-15)18(26)13-10-12-4-2-3-5-14(12)19-17(13)25/h10,15H,2-9,11H2,1H3,(H,19,25)/t15-/m1/s1. The van der Waals surface area contributed by atoms with Gasteiger partial charge in [-0.05, 0) is 42.5 Å². The van der Waals surface area contributed by atoms with Gasteiger partial charge in [0.2, 0.25) is 5.82 Å². The summed E-state index contributed by atoms with van der Waals surface area (Å²) in [5, 5.41) is 12.3. The minimum atomic E-state index is -0.467. The third-order valence-corrected chi connectivity index (χ3v) is 5.17. The number of ether oxygens (including phenoxy) is 2. The van der Waals surface area contributed by atoms with Crippen molar-refractivity contribution in [3.05, 3.63) is 39.1 Å². The van der Waals surface area contributed by atoms with Crippen LogP contribution in [0.25, 0.3) is 0 Å². The number of aromatic amines is 1. The highest BCUT2D eigenvalue weighted by atomic mass is 16.5. The topological polar surface area (TPSA) is 115 Å². The molecule has 3 heterocycles. The van der Waals surface area contributed by atoms with Gasteiger partial charge in [-0.25, -0.2) is 0 Å². The maximum Gasteiger partial charge on any atom is 0.261 e. The van der Waals surface area contributed by atoms with Gasteiger partial charge < -0.3 is 19.4 Å². The Morgan fingerprint density at radius 3 is 3.11 bits per heavy atom. The van der Waals surface area contributed by atoms with Gasteiger partial charge in [0.1, 0.15) is 11.7 Å². The molecule has 1 fully saturated rings. The van der Waals surface area contributed by atoms with Crippen LogP contribution in [-0.2, 0) is 28.9 Å². The summed E-state index contributed by atoms with van der Waals surface area (Å²) in [6.45, 7) is 2.03. The number of aromatic nitrogens is 5. The molecule has 10 heteroatoms. The number of hydrogen-bond acceptors (Lipinski definition) is 7. The molecule has 150 valence electrons. The van der Waals surface area contributed by atoms with Gasteiger partial charge in [-0.2, -0.15) is 4.80 Å². The number of aryl methyl sites for hydroxylation is 2. The summed E-state index contributed by atoms with van der Waals surface area (Å²) in [5.74, 6) is 0.141. The van der Waals surface area contributed by atoms with Crippen LogP contribution in [0, 0.1) is 0 Å². The Bertz CT molecular complexity index is 908.